The number of halogens is 2. The zero-order chi connectivity index (χ0) is 22.8. The van der Waals surface area contributed by atoms with Crippen molar-refractivity contribution in [1.29, 1.82) is 0 Å². The van der Waals surface area contributed by atoms with Gasteiger partial charge in [0.1, 0.15) is 11.5 Å². The van der Waals surface area contributed by atoms with E-state index in [9.17, 15) is 13.2 Å². The average molecular weight is 486 g/mol. The molecule has 0 aliphatic carbocycles. The summed E-state index contributed by atoms with van der Waals surface area (Å²) in [5, 5.41) is -0.0233. The number of morpholine rings is 1. The fraction of sp³-hybridized carbons (Fsp3) is 0.409. The Hall–Kier alpha value is -1.64. The molecule has 1 heterocycles. The Morgan fingerprint density at radius 1 is 1.06 bits per heavy atom. The molecule has 0 unspecified atom stereocenters. The first-order chi connectivity index (χ1) is 14.5. The first kappa shape index (κ1) is 24.0. The molecule has 1 fully saturated rings. The van der Waals surface area contributed by atoms with Gasteiger partial charge in [-0.25, -0.2) is 13.2 Å². The van der Waals surface area contributed by atoms with Gasteiger partial charge in [0.15, 0.2) is 0 Å². The van der Waals surface area contributed by atoms with Crippen LogP contribution in [0, 0.1) is 0 Å². The van der Waals surface area contributed by atoms with Crippen LogP contribution in [0.4, 0.5) is 0 Å². The molecule has 1 saturated heterocycles. The molecular formula is C22H25Cl2NO5S. The summed E-state index contributed by atoms with van der Waals surface area (Å²) in [5.41, 5.74) is 1.95. The second-order valence-corrected chi connectivity index (χ2v) is 11.0. The van der Waals surface area contributed by atoms with E-state index in [1.807, 2.05) is 24.3 Å². The monoisotopic (exact) mass is 485 g/mol. The number of carbonyl (C=O) groups excluding carboxylic acids is 1. The van der Waals surface area contributed by atoms with E-state index in [1.165, 1.54) is 22.0 Å². The summed E-state index contributed by atoms with van der Waals surface area (Å²) in [6.07, 6.45) is 0. The lowest BCUT2D eigenvalue weighted by atomic mass is 9.87. The van der Waals surface area contributed by atoms with Gasteiger partial charge in [-0.3, -0.25) is 0 Å². The van der Waals surface area contributed by atoms with E-state index in [4.69, 9.17) is 32.7 Å². The highest BCUT2D eigenvalue weighted by Gasteiger charge is 2.30. The summed E-state index contributed by atoms with van der Waals surface area (Å²) in [6.45, 7) is 7.42. The molecule has 0 aromatic heterocycles. The van der Waals surface area contributed by atoms with Gasteiger partial charge < -0.3 is 9.47 Å². The van der Waals surface area contributed by atoms with Crippen LogP contribution in [0.15, 0.2) is 41.3 Å². The summed E-state index contributed by atoms with van der Waals surface area (Å²) in [6, 6.07) is 10.2. The Kier molecular flexibility index (Phi) is 7.33. The second kappa shape index (κ2) is 9.46. The van der Waals surface area contributed by atoms with E-state index in [-0.39, 0.29) is 45.6 Å². The SMILES string of the molecule is CC(C)(C)c1ccc(COC(=O)c2cc(S(=O)(=O)N3CCOCC3)c(Cl)cc2Cl)cc1. The summed E-state index contributed by atoms with van der Waals surface area (Å²) in [5.74, 6) is -0.722. The lowest BCUT2D eigenvalue weighted by molar-refractivity contribution is 0.0472. The van der Waals surface area contributed by atoms with Gasteiger partial charge in [0.05, 0.1) is 28.8 Å². The molecule has 2 aromatic carbocycles. The lowest BCUT2D eigenvalue weighted by Gasteiger charge is -2.26. The van der Waals surface area contributed by atoms with Crippen molar-refractivity contribution in [3.63, 3.8) is 0 Å². The Morgan fingerprint density at radius 3 is 2.26 bits per heavy atom. The third kappa shape index (κ3) is 5.59. The van der Waals surface area contributed by atoms with Crippen molar-refractivity contribution in [2.45, 2.75) is 37.7 Å². The van der Waals surface area contributed by atoms with Gasteiger partial charge in [0, 0.05) is 13.1 Å². The van der Waals surface area contributed by atoms with E-state index in [0.29, 0.717) is 13.2 Å². The highest BCUT2D eigenvalue weighted by Crippen LogP contribution is 2.31. The molecule has 0 atom stereocenters. The molecule has 0 amide bonds. The summed E-state index contributed by atoms with van der Waals surface area (Å²) < 4.78 is 37.8. The van der Waals surface area contributed by atoms with Crippen molar-refractivity contribution in [2.75, 3.05) is 26.3 Å². The van der Waals surface area contributed by atoms with Crippen molar-refractivity contribution < 1.29 is 22.7 Å². The van der Waals surface area contributed by atoms with Crippen molar-refractivity contribution in [3.05, 3.63) is 63.1 Å². The van der Waals surface area contributed by atoms with Crippen LogP contribution in [0.1, 0.15) is 42.3 Å². The highest BCUT2D eigenvalue weighted by molar-refractivity contribution is 7.89. The molecule has 1 aliphatic rings. The molecule has 2 aromatic rings. The number of esters is 1. The maximum absolute atomic E-state index is 13.0. The maximum atomic E-state index is 13.0. The van der Waals surface area contributed by atoms with E-state index in [0.717, 1.165) is 5.56 Å². The number of benzene rings is 2. The van der Waals surface area contributed by atoms with Crippen LogP contribution in [0.3, 0.4) is 0 Å². The van der Waals surface area contributed by atoms with Gasteiger partial charge in [-0.15, -0.1) is 0 Å². The van der Waals surface area contributed by atoms with Crippen LogP contribution >= 0.6 is 23.2 Å². The standard InChI is InChI=1S/C22H25Cl2NO5S/c1-22(2,3)16-6-4-15(5-7-16)14-30-21(26)17-12-20(19(24)13-18(17)23)31(27,28)25-8-10-29-11-9-25/h4-7,12-13H,8-11,14H2,1-3H3. The Bertz CT molecular complexity index is 1060. The lowest BCUT2D eigenvalue weighted by Crippen LogP contribution is -2.40. The largest absolute Gasteiger partial charge is 0.457 e. The smallest absolute Gasteiger partial charge is 0.340 e. The number of sulfonamides is 1. The van der Waals surface area contributed by atoms with Gasteiger partial charge in [-0.2, -0.15) is 4.31 Å². The fourth-order valence-corrected chi connectivity index (χ4v) is 5.37. The normalized spacial score (nSPS) is 15.6. The first-order valence-electron chi connectivity index (χ1n) is 9.83. The van der Waals surface area contributed by atoms with E-state index >= 15 is 0 Å². The van der Waals surface area contributed by atoms with Gasteiger partial charge in [0.25, 0.3) is 0 Å². The third-order valence-corrected chi connectivity index (χ3v) is 7.70. The van der Waals surface area contributed by atoms with Crippen LogP contribution in [0.2, 0.25) is 10.0 Å². The number of carbonyl (C=O) groups is 1. The third-order valence-electron chi connectivity index (χ3n) is 5.02. The van der Waals surface area contributed by atoms with Crippen molar-refractivity contribution >= 4 is 39.2 Å². The molecule has 0 radical (unpaired) electrons. The molecule has 0 N–H and O–H groups in total. The van der Waals surface area contributed by atoms with Gasteiger partial charge in [0.2, 0.25) is 10.0 Å². The molecule has 0 saturated carbocycles. The van der Waals surface area contributed by atoms with Crippen molar-refractivity contribution in [3.8, 4) is 0 Å². The minimum Gasteiger partial charge on any atom is -0.457 e. The molecule has 3 rings (SSSR count). The van der Waals surface area contributed by atoms with Gasteiger partial charge in [-0.05, 0) is 28.7 Å². The van der Waals surface area contributed by atoms with E-state index < -0.39 is 16.0 Å². The van der Waals surface area contributed by atoms with Crippen molar-refractivity contribution in [2.24, 2.45) is 0 Å². The first-order valence-corrected chi connectivity index (χ1v) is 12.0. The fourth-order valence-electron chi connectivity index (χ4n) is 3.14. The summed E-state index contributed by atoms with van der Waals surface area (Å²) in [4.78, 5) is 12.5. The quantitative estimate of drug-likeness (QED) is 0.575. The average Bonchev–Trinajstić information content (AvgIpc) is 2.72. The predicted molar refractivity (Wildman–Crippen MR) is 120 cm³/mol. The molecule has 31 heavy (non-hydrogen) atoms. The zero-order valence-electron chi connectivity index (χ0n) is 17.7. The summed E-state index contributed by atoms with van der Waals surface area (Å²) in [7, 11) is -3.90. The number of hydrogen-bond acceptors (Lipinski definition) is 5. The van der Waals surface area contributed by atoms with E-state index in [2.05, 4.69) is 20.8 Å². The second-order valence-electron chi connectivity index (χ2n) is 8.30. The molecule has 0 bridgehead atoms. The van der Waals surface area contributed by atoms with Gasteiger partial charge >= 0.3 is 5.97 Å². The topological polar surface area (TPSA) is 72.9 Å². The van der Waals surface area contributed by atoms with Crippen LogP contribution in [0.5, 0.6) is 0 Å². The maximum Gasteiger partial charge on any atom is 0.340 e. The van der Waals surface area contributed by atoms with E-state index in [1.54, 1.807) is 0 Å². The van der Waals surface area contributed by atoms with Gasteiger partial charge in [-0.1, -0.05) is 68.2 Å². The van der Waals surface area contributed by atoms with Crippen LogP contribution in [-0.2, 0) is 31.5 Å². The minimum atomic E-state index is -3.90. The Morgan fingerprint density at radius 2 is 1.68 bits per heavy atom. The van der Waals surface area contributed by atoms with Crippen LogP contribution < -0.4 is 0 Å². The Labute approximate surface area is 193 Å². The number of hydrogen-bond donors (Lipinski definition) is 0. The molecule has 1 aliphatic heterocycles. The molecular weight excluding hydrogens is 461 g/mol. The van der Waals surface area contributed by atoms with Crippen LogP contribution in [0.25, 0.3) is 0 Å². The predicted octanol–water partition coefficient (Wildman–Crippen LogP) is 4.67. The molecule has 9 heteroatoms. The van der Waals surface area contributed by atoms with Crippen molar-refractivity contribution in [1.82, 2.24) is 4.31 Å². The molecule has 6 nitrogen and oxygen atoms in total. The molecule has 168 valence electrons. The minimum absolute atomic E-state index is 0.0222. The highest BCUT2D eigenvalue weighted by atomic mass is 35.5. The number of nitrogens with zero attached hydrogens (tertiary/aromatic N) is 1. The zero-order valence-corrected chi connectivity index (χ0v) is 20.0. The van der Waals surface area contributed by atoms with Crippen LogP contribution in [-0.4, -0.2) is 45.0 Å². The Balaban J connectivity index is 1.79. The number of rotatable bonds is 5. The molecule has 0 spiro atoms. The summed E-state index contributed by atoms with van der Waals surface area (Å²) >= 11 is 12.3. The number of ether oxygens (including phenoxy) is 2.